The second kappa shape index (κ2) is 7.14. The first-order chi connectivity index (χ1) is 9.75. The van der Waals surface area contributed by atoms with Crippen molar-refractivity contribution in [1.29, 1.82) is 0 Å². The lowest BCUT2D eigenvalue weighted by Crippen LogP contribution is -2.03. The Hall–Kier alpha value is -2.55. The van der Waals surface area contributed by atoms with Gasteiger partial charge in [-0.05, 0) is 17.7 Å². The van der Waals surface area contributed by atoms with Crippen molar-refractivity contribution >= 4 is 12.0 Å². The summed E-state index contributed by atoms with van der Waals surface area (Å²) < 4.78 is 5.61. The molecule has 0 fully saturated rings. The van der Waals surface area contributed by atoms with Crippen molar-refractivity contribution in [3.63, 3.8) is 0 Å². The van der Waals surface area contributed by atoms with Gasteiger partial charge in [-0.3, -0.25) is 4.79 Å². The Labute approximate surface area is 118 Å². The molecule has 0 unspecified atom stereocenters. The van der Waals surface area contributed by atoms with Crippen LogP contribution in [0, 0.1) is 0 Å². The van der Waals surface area contributed by atoms with E-state index in [1.807, 2.05) is 54.6 Å². The Balaban J connectivity index is 1.94. The van der Waals surface area contributed by atoms with Crippen LogP contribution in [0.4, 0.5) is 0 Å². The highest BCUT2D eigenvalue weighted by Gasteiger charge is 2.06. The van der Waals surface area contributed by atoms with Crippen LogP contribution in [0.3, 0.4) is 0 Å². The van der Waals surface area contributed by atoms with Gasteiger partial charge in [0.25, 0.3) is 0 Å². The summed E-state index contributed by atoms with van der Waals surface area (Å²) in [5.74, 6) is -0.242. The van der Waals surface area contributed by atoms with Crippen LogP contribution in [-0.4, -0.2) is 17.7 Å². The standard InChI is InChI=1S/C17H16O3/c18-17(19)13-15-10-4-5-11-16(15)20-12-6-9-14-7-2-1-3-8-14/h1-11H,12-13H2,(H,18,19)/b9-6+. The van der Waals surface area contributed by atoms with Gasteiger partial charge in [-0.2, -0.15) is 0 Å². The Morgan fingerprint density at radius 1 is 1.05 bits per heavy atom. The molecule has 102 valence electrons. The zero-order valence-corrected chi connectivity index (χ0v) is 11.0. The summed E-state index contributed by atoms with van der Waals surface area (Å²) in [7, 11) is 0. The van der Waals surface area contributed by atoms with Crippen LogP contribution in [0.1, 0.15) is 11.1 Å². The molecule has 3 nitrogen and oxygen atoms in total. The molecule has 0 radical (unpaired) electrons. The third kappa shape index (κ3) is 4.28. The first-order valence-electron chi connectivity index (χ1n) is 6.40. The predicted octanol–water partition coefficient (Wildman–Crippen LogP) is 3.41. The molecule has 0 aromatic heterocycles. The summed E-state index contributed by atoms with van der Waals surface area (Å²) in [5.41, 5.74) is 1.79. The lowest BCUT2D eigenvalue weighted by atomic mass is 10.1. The minimum Gasteiger partial charge on any atom is -0.489 e. The van der Waals surface area contributed by atoms with Gasteiger partial charge in [0.1, 0.15) is 12.4 Å². The van der Waals surface area contributed by atoms with Gasteiger partial charge in [0, 0.05) is 5.56 Å². The first-order valence-corrected chi connectivity index (χ1v) is 6.40. The second-order valence-electron chi connectivity index (χ2n) is 4.30. The SMILES string of the molecule is O=C(O)Cc1ccccc1OC/C=C/c1ccccc1. The molecule has 0 spiro atoms. The Morgan fingerprint density at radius 3 is 2.50 bits per heavy atom. The lowest BCUT2D eigenvalue weighted by molar-refractivity contribution is -0.136. The fourth-order valence-electron chi connectivity index (χ4n) is 1.84. The smallest absolute Gasteiger partial charge is 0.307 e. The molecule has 20 heavy (non-hydrogen) atoms. The molecular weight excluding hydrogens is 252 g/mol. The number of rotatable bonds is 6. The van der Waals surface area contributed by atoms with Crippen molar-refractivity contribution in [1.82, 2.24) is 0 Å². The van der Waals surface area contributed by atoms with Crippen molar-refractivity contribution in [2.45, 2.75) is 6.42 Å². The fraction of sp³-hybridized carbons (Fsp3) is 0.118. The molecule has 0 aliphatic carbocycles. The van der Waals surface area contributed by atoms with Crippen LogP contribution in [-0.2, 0) is 11.2 Å². The Kier molecular flexibility index (Phi) is 4.95. The molecule has 2 aromatic rings. The first kappa shape index (κ1) is 13.9. The highest BCUT2D eigenvalue weighted by atomic mass is 16.5. The maximum atomic E-state index is 10.8. The van der Waals surface area contributed by atoms with Gasteiger partial charge in [-0.1, -0.05) is 54.6 Å². The highest BCUT2D eigenvalue weighted by Crippen LogP contribution is 2.18. The van der Waals surface area contributed by atoms with Crippen molar-refractivity contribution in [3.8, 4) is 5.75 Å². The molecule has 0 aliphatic rings. The highest BCUT2D eigenvalue weighted by molar-refractivity contribution is 5.71. The lowest BCUT2D eigenvalue weighted by Gasteiger charge is -2.08. The van der Waals surface area contributed by atoms with Gasteiger partial charge in [-0.25, -0.2) is 0 Å². The van der Waals surface area contributed by atoms with Gasteiger partial charge in [0.2, 0.25) is 0 Å². The molecule has 0 heterocycles. The van der Waals surface area contributed by atoms with E-state index < -0.39 is 5.97 Å². The fourth-order valence-corrected chi connectivity index (χ4v) is 1.84. The van der Waals surface area contributed by atoms with Crippen LogP contribution < -0.4 is 4.74 Å². The second-order valence-corrected chi connectivity index (χ2v) is 4.30. The molecule has 0 saturated heterocycles. The third-order valence-electron chi connectivity index (χ3n) is 2.76. The number of hydrogen-bond donors (Lipinski definition) is 1. The van der Waals surface area contributed by atoms with Gasteiger partial charge < -0.3 is 9.84 Å². The molecule has 2 rings (SSSR count). The number of benzene rings is 2. The van der Waals surface area contributed by atoms with Crippen molar-refractivity contribution < 1.29 is 14.6 Å². The van der Waals surface area contributed by atoms with E-state index in [4.69, 9.17) is 9.84 Å². The minimum atomic E-state index is -0.860. The number of ether oxygens (including phenoxy) is 1. The van der Waals surface area contributed by atoms with Crippen LogP contribution >= 0.6 is 0 Å². The number of carbonyl (C=O) groups is 1. The molecule has 0 aliphatic heterocycles. The van der Waals surface area contributed by atoms with Crippen LogP contribution in [0.25, 0.3) is 6.08 Å². The maximum Gasteiger partial charge on any atom is 0.307 e. The van der Waals surface area contributed by atoms with Crippen molar-refractivity contribution in [3.05, 3.63) is 71.8 Å². The average Bonchev–Trinajstić information content (AvgIpc) is 2.46. The normalized spacial score (nSPS) is 10.6. The summed E-state index contributed by atoms with van der Waals surface area (Å²) >= 11 is 0. The topological polar surface area (TPSA) is 46.5 Å². The average molecular weight is 268 g/mol. The minimum absolute atomic E-state index is 0.0292. The number of carboxylic acids is 1. The summed E-state index contributed by atoms with van der Waals surface area (Å²) in [6.07, 6.45) is 3.85. The molecule has 1 N–H and O–H groups in total. The van der Waals surface area contributed by atoms with E-state index in [9.17, 15) is 4.79 Å². The van der Waals surface area contributed by atoms with Crippen LogP contribution in [0.15, 0.2) is 60.7 Å². The van der Waals surface area contributed by atoms with Gasteiger partial charge in [0.15, 0.2) is 0 Å². The Morgan fingerprint density at radius 2 is 1.75 bits per heavy atom. The van der Waals surface area contributed by atoms with E-state index in [-0.39, 0.29) is 6.42 Å². The maximum absolute atomic E-state index is 10.8. The van der Waals surface area contributed by atoms with Gasteiger partial charge in [-0.15, -0.1) is 0 Å². The number of para-hydroxylation sites is 1. The number of hydrogen-bond acceptors (Lipinski definition) is 2. The number of carboxylic acid groups (broad SMARTS) is 1. The predicted molar refractivity (Wildman–Crippen MR) is 78.8 cm³/mol. The van der Waals surface area contributed by atoms with E-state index in [1.54, 1.807) is 12.1 Å². The van der Waals surface area contributed by atoms with E-state index in [2.05, 4.69) is 0 Å². The molecule has 3 heteroatoms. The van der Waals surface area contributed by atoms with E-state index in [1.165, 1.54) is 0 Å². The van der Waals surface area contributed by atoms with Crippen molar-refractivity contribution in [2.24, 2.45) is 0 Å². The van der Waals surface area contributed by atoms with Crippen LogP contribution in [0.2, 0.25) is 0 Å². The molecule has 0 saturated carbocycles. The van der Waals surface area contributed by atoms with E-state index >= 15 is 0 Å². The monoisotopic (exact) mass is 268 g/mol. The third-order valence-corrected chi connectivity index (χ3v) is 2.76. The van der Waals surface area contributed by atoms with Gasteiger partial charge in [0.05, 0.1) is 6.42 Å². The molecule has 0 atom stereocenters. The van der Waals surface area contributed by atoms with Crippen molar-refractivity contribution in [2.75, 3.05) is 6.61 Å². The van der Waals surface area contributed by atoms with Crippen LogP contribution in [0.5, 0.6) is 5.75 Å². The quantitative estimate of drug-likeness (QED) is 0.873. The van der Waals surface area contributed by atoms with E-state index in [0.29, 0.717) is 17.9 Å². The summed E-state index contributed by atoms with van der Waals surface area (Å²) in [4.78, 5) is 10.8. The largest absolute Gasteiger partial charge is 0.489 e. The summed E-state index contributed by atoms with van der Waals surface area (Å²) in [6, 6.07) is 17.1. The number of aliphatic carboxylic acids is 1. The molecule has 0 amide bonds. The molecule has 0 bridgehead atoms. The Bertz CT molecular complexity index is 588. The summed E-state index contributed by atoms with van der Waals surface area (Å²) in [5, 5.41) is 8.84. The molecular formula is C17H16O3. The zero-order chi connectivity index (χ0) is 14.2. The zero-order valence-electron chi connectivity index (χ0n) is 11.0. The van der Waals surface area contributed by atoms with Gasteiger partial charge >= 0.3 is 5.97 Å². The molecule has 2 aromatic carbocycles. The van der Waals surface area contributed by atoms with E-state index in [0.717, 1.165) is 5.56 Å². The summed E-state index contributed by atoms with van der Waals surface area (Å²) in [6.45, 7) is 0.408.